The van der Waals surface area contributed by atoms with Gasteiger partial charge in [0.15, 0.2) is 0 Å². The molecular formula is C17H14Cl2N4O2. The van der Waals surface area contributed by atoms with Crippen LogP contribution in [0.1, 0.15) is 10.4 Å². The second-order valence-corrected chi connectivity index (χ2v) is 6.34. The Bertz CT molecular complexity index is 887. The van der Waals surface area contributed by atoms with Crippen molar-refractivity contribution in [2.75, 3.05) is 24.3 Å². The van der Waals surface area contributed by atoms with E-state index < -0.39 is 0 Å². The molecule has 0 atom stereocenters. The van der Waals surface area contributed by atoms with Gasteiger partial charge in [-0.3, -0.25) is 10.1 Å². The average Bonchev–Trinajstić information content (AvgIpc) is 3.02. The fourth-order valence-corrected chi connectivity index (χ4v) is 2.67. The highest BCUT2D eigenvalue weighted by Crippen LogP contribution is 2.27. The number of carbonyl (C=O) groups is 1. The molecule has 0 radical (unpaired) electrons. The molecule has 1 N–H and O–H groups in total. The Morgan fingerprint density at radius 3 is 2.28 bits per heavy atom. The second kappa shape index (κ2) is 7.13. The molecule has 1 amide bonds. The van der Waals surface area contributed by atoms with E-state index in [9.17, 15) is 4.79 Å². The van der Waals surface area contributed by atoms with Gasteiger partial charge in [0.05, 0.1) is 0 Å². The Morgan fingerprint density at radius 1 is 1.04 bits per heavy atom. The first kappa shape index (κ1) is 17.3. The Balaban J connectivity index is 1.75. The summed E-state index contributed by atoms with van der Waals surface area (Å²) in [7, 11) is 3.86. The van der Waals surface area contributed by atoms with Crippen LogP contribution in [-0.4, -0.2) is 30.2 Å². The molecular weight excluding hydrogens is 363 g/mol. The van der Waals surface area contributed by atoms with Crippen LogP contribution in [0.5, 0.6) is 0 Å². The number of nitrogens with one attached hydrogen (secondary N) is 1. The van der Waals surface area contributed by atoms with Gasteiger partial charge >= 0.3 is 6.01 Å². The van der Waals surface area contributed by atoms with Crippen LogP contribution in [0.15, 0.2) is 46.9 Å². The number of nitrogens with zero attached hydrogens (tertiary/aromatic N) is 3. The third kappa shape index (κ3) is 4.10. The van der Waals surface area contributed by atoms with Crippen molar-refractivity contribution in [1.82, 2.24) is 10.2 Å². The van der Waals surface area contributed by atoms with Gasteiger partial charge in [0.25, 0.3) is 5.91 Å². The standard InChI is InChI=1S/C17H14Cl2N4O2/c1-23(2)14-5-3-10(4-6-14)15(24)20-17-22-21-16(25-17)11-7-12(18)9-13(19)8-11/h3-9H,1-2H3,(H,20,22,24). The first-order valence-electron chi connectivity index (χ1n) is 7.31. The van der Waals surface area contributed by atoms with Gasteiger partial charge in [0.2, 0.25) is 5.89 Å². The van der Waals surface area contributed by atoms with Crippen LogP contribution < -0.4 is 10.2 Å². The summed E-state index contributed by atoms with van der Waals surface area (Å²) in [5.74, 6) is -0.132. The average molecular weight is 377 g/mol. The van der Waals surface area contributed by atoms with Crippen molar-refractivity contribution in [2.24, 2.45) is 0 Å². The molecule has 0 fully saturated rings. The van der Waals surface area contributed by atoms with Crippen molar-refractivity contribution in [2.45, 2.75) is 0 Å². The molecule has 1 aromatic heterocycles. The number of hydrogen-bond acceptors (Lipinski definition) is 5. The van der Waals surface area contributed by atoms with Crippen LogP contribution in [0, 0.1) is 0 Å². The molecule has 0 aliphatic rings. The Morgan fingerprint density at radius 2 is 1.68 bits per heavy atom. The van der Waals surface area contributed by atoms with Crippen LogP contribution in [0.3, 0.4) is 0 Å². The zero-order valence-corrected chi connectivity index (χ0v) is 15.0. The molecule has 0 aliphatic heterocycles. The highest BCUT2D eigenvalue weighted by Gasteiger charge is 2.14. The third-order valence-electron chi connectivity index (χ3n) is 3.40. The molecule has 0 saturated heterocycles. The van der Waals surface area contributed by atoms with Gasteiger partial charge in [0.1, 0.15) is 0 Å². The summed E-state index contributed by atoms with van der Waals surface area (Å²) in [6.45, 7) is 0. The lowest BCUT2D eigenvalue weighted by Crippen LogP contribution is -2.13. The minimum atomic E-state index is -0.343. The SMILES string of the molecule is CN(C)c1ccc(C(=O)Nc2nnc(-c3cc(Cl)cc(Cl)c3)o2)cc1. The highest BCUT2D eigenvalue weighted by molar-refractivity contribution is 6.35. The molecule has 25 heavy (non-hydrogen) atoms. The number of benzene rings is 2. The highest BCUT2D eigenvalue weighted by atomic mass is 35.5. The molecule has 0 spiro atoms. The van der Waals surface area contributed by atoms with Gasteiger partial charge in [0, 0.05) is 41.0 Å². The molecule has 0 bridgehead atoms. The number of amides is 1. The quantitative estimate of drug-likeness (QED) is 0.732. The first-order valence-corrected chi connectivity index (χ1v) is 8.06. The van der Waals surface area contributed by atoms with E-state index in [1.807, 2.05) is 31.1 Å². The van der Waals surface area contributed by atoms with Gasteiger partial charge in [-0.25, -0.2) is 0 Å². The van der Waals surface area contributed by atoms with Crippen LogP contribution in [0.4, 0.5) is 11.7 Å². The first-order chi connectivity index (χ1) is 11.9. The van der Waals surface area contributed by atoms with Crippen molar-refractivity contribution in [3.8, 4) is 11.5 Å². The molecule has 0 aliphatic carbocycles. The van der Waals surface area contributed by atoms with Crippen molar-refractivity contribution >= 4 is 40.8 Å². The van der Waals surface area contributed by atoms with E-state index in [-0.39, 0.29) is 17.8 Å². The molecule has 0 unspecified atom stereocenters. The molecule has 1 heterocycles. The Hall–Kier alpha value is -2.57. The summed E-state index contributed by atoms with van der Waals surface area (Å²) in [6, 6.07) is 12.0. The molecule has 2 aromatic carbocycles. The summed E-state index contributed by atoms with van der Waals surface area (Å²) in [6.07, 6.45) is 0. The van der Waals surface area contributed by atoms with E-state index in [2.05, 4.69) is 15.5 Å². The van der Waals surface area contributed by atoms with Gasteiger partial charge in [-0.1, -0.05) is 28.3 Å². The summed E-state index contributed by atoms with van der Waals surface area (Å²) in [5.41, 5.74) is 2.05. The summed E-state index contributed by atoms with van der Waals surface area (Å²) < 4.78 is 5.45. The number of anilines is 2. The number of aromatic nitrogens is 2. The lowest BCUT2D eigenvalue weighted by atomic mass is 10.2. The van der Waals surface area contributed by atoms with Crippen LogP contribution in [0.2, 0.25) is 10.0 Å². The predicted octanol–water partition coefficient (Wildman–Crippen LogP) is 4.36. The third-order valence-corrected chi connectivity index (χ3v) is 3.84. The summed E-state index contributed by atoms with van der Waals surface area (Å²) in [5, 5.41) is 11.2. The minimum Gasteiger partial charge on any atom is -0.403 e. The molecule has 3 aromatic rings. The summed E-state index contributed by atoms with van der Waals surface area (Å²) in [4.78, 5) is 14.2. The maximum absolute atomic E-state index is 12.3. The molecule has 128 valence electrons. The molecule has 0 saturated carbocycles. The minimum absolute atomic E-state index is 0.00668. The monoisotopic (exact) mass is 376 g/mol. The van der Waals surface area contributed by atoms with Crippen molar-refractivity contribution < 1.29 is 9.21 Å². The van der Waals surface area contributed by atoms with E-state index in [4.69, 9.17) is 27.6 Å². The van der Waals surface area contributed by atoms with Gasteiger partial charge in [-0.15, -0.1) is 5.10 Å². The van der Waals surface area contributed by atoms with Crippen molar-refractivity contribution in [3.63, 3.8) is 0 Å². The smallest absolute Gasteiger partial charge is 0.322 e. The zero-order chi connectivity index (χ0) is 18.0. The summed E-state index contributed by atoms with van der Waals surface area (Å²) >= 11 is 11.9. The Labute approximate surface area is 154 Å². The fourth-order valence-electron chi connectivity index (χ4n) is 2.15. The molecule has 8 heteroatoms. The van der Waals surface area contributed by atoms with Gasteiger partial charge < -0.3 is 9.32 Å². The number of rotatable bonds is 4. The molecule has 3 rings (SSSR count). The van der Waals surface area contributed by atoms with Gasteiger partial charge in [-0.05, 0) is 42.5 Å². The lowest BCUT2D eigenvalue weighted by Gasteiger charge is -2.12. The van der Waals surface area contributed by atoms with Crippen molar-refractivity contribution in [1.29, 1.82) is 0 Å². The number of carbonyl (C=O) groups excluding carboxylic acids is 1. The number of halogens is 2. The normalized spacial score (nSPS) is 10.6. The van der Waals surface area contributed by atoms with E-state index in [0.717, 1.165) is 5.69 Å². The van der Waals surface area contributed by atoms with E-state index in [1.165, 1.54) is 0 Å². The van der Waals surface area contributed by atoms with E-state index >= 15 is 0 Å². The number of hydrogen-bond donors (Lipinski definition) is 1. The van der Waals surface area contributed by atoms with Crippen LogP contribution >= 0.6 is 23.2 Å². The lowest BCUT2D eigenvalue weighted by molar-refractivity contribution is 0.102. The fraction of sp³-hybridized carbons (Fsp3) is 0.118. The second-order valence-electron chi connectivity index (χ2n) is 5.47. The Kier molecular flexibility index (Phi) is 4.92. The predicted molar refractivity (Wildman–Crippen MR) is 98.5 cm³/mol. The van der Waals surface area contributed by atoms with E-state index in [0.29, 0.717) is 21.2 Å². The van der Waals surface area contributed by atoms with Crippen LogP contribution in [0.25, 0.3) is 11.5 Å². The van der Waals surface area contributed by atoms with E-state index in [1.54, 1.807) is 30.3 Å². The van der Waals surface area contributed by atoms with Crippen LogP contribution in [-0.2, 0) is 0 Å². The molecule has 6 nitrogen and oxygen atoms in total. The van der Waals surface area contributed by atoms with Gasteiger partial charge in [-0.2, -0.15) is 0 Å². The van der Waals surface area contributed by atoms with Crippen molar-refractivity contribution in [3.05, 3.63) is 58.1 Å². The maximum atomic E-state index is 12.3. The zero-order valence-electron chi connectivity index (χ0n) is 13.5. The topological polar surface area (TPSA) is 71.3 Å². The largest absolute Gasteiger partial charge is 0.403 e. The maximum Gasteiger partial charge on any atom is 0.322 e.